The summed E-state index contributed by atoms with van der Waals surface area (Å²) in [4.78, 5) is 22.7. The summed E-state index contributed by atoms with van der Waals surface area (Å²) in [5.41, 5.74) is 0.667. The number of methoxy groups -OCH3 is 1. The van der Waals surface area contributed by atoms with Crippen molar-refractivity contribution >= 4 is 29.7 Å². The third kappa shape index (κ3) is 4.35. The van der Waals surface area contributed by atoms with Gasteiger partial charge in [-0.15, -0.1) is 0 Å². The number of aldehydes is 1. The maximum absolute atomic E-state index is 11.8. The summed E-state index contributed by atoms with van der Waals surface area (Å²) in [6, 6.07) is 2.94. The van der Waals surface area contributed by atoms with E-state index in [0.29, 0.717) is 35.8 Å². The Bertz CT molecular complexity index is 545. The van der Waals surface area contributed by atoms with Gasteiger partial charge in [-0.3, -0.25) is 10.1 Å². The van der Waals surface area contributed by atoms with Crippen LogP contribution in [-0.2, 0) is 4.74 Å². The molecule has 0 spiro atoms. The van der Waals surface area contributed by atoms with Crippen molar-refractivity contribution in [3.63, 3.8) is 0 Å². The zero-order valence-corrected chi connectivity index (χ0v) is 13.1. The highest BCUT2D eigenvalue weighted by Crippen LogP contribution is 2.30. The number of carbonyl (C=O) groups excluding carboxylic acids is 2. The maximum atomic E-state index is 11.8. The SMILES string of the molecule is COc1cc(NC(=O)OCC2CCNCC2)c(Cl)cc1C=O. The number of anilines is 1. The predicted molar refractivity (Wildman–Crippen MR) is 84.0 cm³/mol. The fourth-order valence-electron chi connectivity index (χ4n) is 2.32. The monoisotopic (exact) mass is 326 g/mol. The Morgan fingerprint density at radius 2 is 2.18 bits per heavy atom. The molecule has 0 unspecified atom stereocenters. The van der Waals surface area contributed by atoms with Gasteiger partial charge in [0.05, 0.1) is 30.0 Å². The molecular formula is C15H19ClN2O4. The van der Waals surface area contributed by atoms with E-state index in [-0.39, 0.29) is 5.02 Å². The normalized spacial score (nSPS) is 15.2. The molecule has 6 nitrogen and oxygen atoms in total. The molecule has 7 heteroatoms. The average Bonchev–Trinajstić information content (AvgIpc) is 2.55. The highest BCUT2D eigenvalue weighted by molar-refractivity contribution is 6.34. The van der Waals surface area contributed by atoms with Crippen LogP contribution in [0, 0.1) is 5.92 Å². The van der Waals surface area contributed by atoms with Gasteiger partial charge in [-0.05, 0) is 37.9 Å². The van der Waals surface area contributed by atoms with Gasteiger partial charge in [0.1, 0.15) is 5.75 Å². The van der Waals surface area contributed by atoms with E-state index in [4.69, 9.17) is 21.1 Å². The van der Waals surface area contributed by atoms with E-state index < -0.39 is 6.09 Å². The predicted octanol–water partition coefficient (Wildman–Crippen LogP) is 2.71. The van der Waals surface area contributed by atoms with Crippen LogP contribution in [-0.4, -0.2) is 39.2 Å². The third-order valence-electron chi connectivity index (χ3n) is 3.59. The molecule has 0 bridgehead atoms. The summed E-state index contributed by atoms with van der Waals surface area (Å²) in [6.07, 6.45) is 2.07. The third-order valence-corrected chi connectivity index (χ3v) is 3.90. The van der Waals surface area contributed by atoms with Crippen LogP contribution >= 0.6 is 11.6 Å². The van der Waals surface area contributed by atoms with Crippen LogP contribution in [0.25, 0.3) is 0 Å². The summed E-state index contributed by atoms with van der Waals surface area (Å²) >= 11 is 6.04. The molecule has 120 valence electrons. The van der Waals surface area contributed by atoms with Crippen LogP contribution < -0.4 is 15.4 Å². The van der Waals surface area contributed by atoms with Gasteiger partial charge in [-0.1, -0.05) is 11.6 Å². The van der Waals surface area contributed by atoms with Crippen LogP contribution in [0.1, 0.15) is 23.2 Å². The minimum Gasteiger partial charge on any atom is -0.496 e. The molecular weight excluding hydrogens is 308 g/mol. The zero-order chi connectivity index (χ0) is 15.9. The number of rotatable bonds is 5. The minimum atomic E-state index is -0.568. The van der Waals surface area contributed by atoms with Crippen molar-refractivity contribution in [2.24, 2.45) is 5.92 Å². The van der Waals surface area contributed by atoms with Gasteiger partial charge in [0.25, 0.3) is 0 Å². The Morgan fingerprint density at radius 3 is 2.82 bits per heavy atom. The Balaban J connectivity index is 1.94. The molecule has 0 saturated carbocycles. The number of halogens is 1. The Kier molecular flexibility index (Phi) is 6.03. The molecule has 2 rings (SSSR count). The Hall–Kier alpha value is -1.79. The molecule has 1 amide bonds. The molecule has 0 atom stereocenters. The van der Waals surface area contributed by atoms with Crippen molar-refractivity contribution in [3.05, 3.63) is 22.7 Å². The van der Waals surface area contributed by atoms with Gasteiger partial charge in [-0.25, -0.2) is 4.79 Å². The minimum absolute atomic E-state index is 0.252. The van der Waals surface area contributed by atoms with Crippen molar-refractivity contribution < 1.29 is 19.1 Å². The molecule has 0 aromatic heterocycles. The second-order valence-corrected chi connectivity index (χ2v) is 5.52. The topological polar surface area (TPSA) is 76.7 Å². The van der Waals surface area contributed by atoms with E-state index in [0.717, 1.165) is 25.9 Å². The second-order valence-electron chi connectivity index (χ2n) is 5.11. The highest BCUT2D eigenvalue weighted by atomic mass is 35.5. The van der Waals surface area contributed by atoms with Crippen molar-refractivity contribution in [2.45, 2.75) is 12.8 Å². The molecule has 2 N–H and O–H groups in total. The van der Waals surface area contributed by atoms with Gasteiger partial charge in [0.2, 0.25) is 0 Å². The largest absolute Gasteiger partial charge is 0.496 e. The lowest BCUT2D eigenvalue weighted by Gasteiger charge is -2.22. The number of hydrogen-bond donors (Lipinski definition) is 2. The molecule has 1 aromatic carbocycles. The van der Waals surface area contributed by atoms with E-state index in [1.807, 2.05) is 0 Å². The van der Waals surface area contributed by atoms with Crippen molar-refractivity contribution in [1.82, 2.24) is 5.32 Å². The fourth-order valence-corrected chi connectivity index (χ4v) is 2.54. The molecule has 1 aromatic rings. The zero-order valence-electron chi connectivity index (χ0n) is 12.4. The van der Waals surface area contributed by atoms with Crippen molar-refractivity contribution in [1.29, 1.82) is 0 Å². The van der Waals surface area contributed by atoms with E-state index in [2.05, 4.69) is 10.6 Å². The standard InChI is InChI=1S/C15H19ClN2O4/c1-21-14-7-13(12(16)6-11(14)8-19)18-15(20)22-9-10-2-4-17-5-3-10/h6-8,10,17H,2-5,9H2,1H3,(H,18,20). The summed E-state index contributed by atoms with van der Waals surface area (Å²) in [6.45, 7) is 2.28. The molecule has 1 fully saturated rings. The van der Waals surface area contributed by atoms with E-state index in [1.54, 1.807) is 0 Å². The number of nitrogens with one attached hydrogen (secondary N) is 2. The first-order valence-corrected chi connectivity index (χ1v) is 7.49. The molecule has 1 heterocycles. The second kappa shape index (κ2) is 8.00. The van der Waals surface area contributed by atoms with E-state index in [1.165, 1.54) is 19.2 Å². The fraction of sp³-hybridized carbons (Fsp3) is 0.467. The Labute approximate surface area is 134 Å². The van der Waals surface area contributed by atoms with Gasteiger partial charge >= 0.3 is 6.09 Å². The van der Waals surface area contributed by atoms with Gasteiger partial charge < -0.3 is 14.8 Å². The molecule has 22 heavy (non-hydrogen) atoms. The van der Waals surface area contributed by atoms with Gasteiger partial charge in [0, 0.05) is 6.07 Å². The van der Waals surface area contributed by atoms with Gasteiger partial charge in [0.15, 0.2) is 6.29 Å². The lowest BCUT2D eigenvalue weighted by Crippen LogP contribution is -2.31. The first kappa shape index (κ1) is 16.6. The van der Waals surface area contributed by atoms with Crippen LogP contribution in [0.15, 0.2) is 12.1 Å². The summed E-state index contributed by atoms with van der Waals surface area (Å²) < 4.78 is 10.3. The molecule has 1 saturated heterocycles. The molecule has 0 radical (unpaired) electrons. The lowest BCUT2D eigenvalue weighted by atomic mass is 9.99. The maximum Gasteiger partial charge on any atom is 0.411 e. The molecule has 1 aliphatic rings. The first-order chi connectivity index (χ1) is 10.6. The number of carbonyl (C=O) groups is 2. The van der Waals surface area contributed by atoms with Crippen LogP contribution in [0.5, 0.6) is 5.75 Å². The van der Waals surface area contributed by atoms with Crippen molar-refractivity contribution in [3.8, 4) is 5.75 Å². The van der Waals surface area contributed by atoms with Crippen LogP contribution in [0.3, 0.4) is 0 Å². The lowest BCUT2D eigenvalue weighted by molar-refractivity contribution is 0.112. The van der Waals surface area contributed by atoms with E-state index >= 15 is 0 Å². The van der Waals surface area contributed by atoms with Crippen LogP contribution in [0.2, 0.25) is 5.02 Å². The number of amides is 1. The summed E-state index contributed by atoms with van der Waals surface area (Å²) in [5.74, 6) is 0.725. The number of ether oxygens (including phenoxy) is 2. The van der Waals surface area contributed by atoms with E-state index in [9.17, 15) is 9.59 Å². The first-order valence-electron chi connectivity index (χ1n) is 7.11. The highest BCUT2D eigenvalue weighted by Gasteiger charge is 2.16. The smallest absolute Gasteiger partial charge is 0.411 e. The molecule has 0 aliphatic carbocycles. The Morgan fingerprint density at radius 1 is 1.45 bits per heavy atom. The summed E-state index contributed by atoms with van der Waals surface area (Å²) in [5, 5.41) is 6.08. The van der Waals surface area contributed by atoms with Gasteiger partial charge in [-0.2, -0.15) is 0 Å². The number of hydrogen-bond acceptors (Lipinski definition) is 5. The number of piperidine rings is 1. The molecule has 1 aliphatic heterocycles. The number of benzene rings is 1. The quantitative estimate of drug-likeness (QED) is 0.814. The summed E-state index contributed by atoms with van der Waals surface area (Å²) in [7, 11) is 1.44. The van der Waals surface area contributed by atoms with Crippen molar-refractivity contribution in [2.75, 3.05) is 32.1 Å². The van der Waals surface area contributed by atoms with Crippen LogP contribution in [0.4, 0.5) is 10.5 Å². The average molecular weight is 327 g/mol.